The third-order valence-electron chi connectivity index (χ3n) is 4.74. The van der Waals surface area contributed by atoms with Gasteiger partial charge in [0.1, 0.15) is 10.6 Å². The molecule has 2 aromatic rings. The number of esters is 1. The molecule has 2 aromatic carbocycles. The van der Waals surface area contributed by atoms with Gasteiger partial charge in [0.25, 0.3) is 5.91 Å². The maximum absolute atomic E-state index is 13.0. The number of ether oxygens (including phenoxy) is 3. The van der Waals surface area contributed by atoms with Gasteiger partial charge in [0.05, 0.1) is 32.5 Å². The molecule has 0 radical (unpaired) electrons. The van der Waals surface area contributed by atoms with E-state index in [1.54, 1.807) is 12.1 Å². The standard InChI is InChI=1S/C21H24N2O8S/c1-29-18-7-6-17(12-19(18)32(27,28)23-8-10-30-11-9-23)22-20(25)14-31-21(26)16-4-2-15(13-24)3-5-16/h2-7,12,24H,8-11,13-14H2,1H3,(H,22,25). The number of benzene rings is 2. The Morgan fingerprint density at radius 1 is 1.12 bits per heavy atom. The summed E-state index contributed by atoms with van der Waals surface area (Å²) in [6.45, 7) is 0.327. The molecule has 0 spiro atoms. The van der Waals surface area contributed by atoms with Crippen molar-refractivity contribution in [1.82, 2.24) is 4.31 Å². The van der Waals surface area contributed by atoms with Crippen LogP contribution in [0.15, 0.2) is 47.4 Å². The molecule has 1 amide bonds. The number of carbonyl (C=O) groups is 2. The van der Waals surface area contributed by atoms with Gasteiger partial charge in [0.15, 0.2) is 6.61 Å². The Morgan fingerprint density at radius 3 is 2.44 bits per heavy atom. The summed E-state index contributed by atoms with van der Waals surface area (Å²) in [4.78, 5) is 24.2. The zero-order valence-electron chi connectivity index (χ0n) is 17.4. The molecule has 0 aromatic heterocycles. The second-order valence-electron chi connectivity index (χ2n) is 6.86. The number of nitrogens with one attached hydrogen (secondary N) is 1. The molecule has 0 atom stereocenters. The van der Waals surface area contributed by atoms with E-state index in [2.05, 4.69) is 5.32 Å². The van der Waals surface area contributed by atoms with Gasteiger partial charge in [-0.2, -0.15) is 4.31 Å². The molecule has 0 unspecified atom stereocenters. The smallest absolute Gasteiger partial charge is 0.338 e. The van der Waals surface area contributed by atoms with Crippen molar-refractivity contribution in [3.63, 3.8) is 0 Å². The molecule has 1 aliphatic rings. The van der Waals surface area contributed by atoms with Crippen molar-refractivity contribution in [3.8, 4) is 5.75 Å². The van der Waals surface area contributed by atoms with Crippen LogP contribution in [0.2, 0.25) is 0 Å². The van der Waals surface area contributed by atoms with Crippen LogP contribution >= 0.6 is 0 Å². The van der Waals surface area contributed by atoms with Crippen LogP contribution in [-0.4, -0.2) is 69.7 Å². The first kappa shape index (κ1) is 23.7. The molecule has 0 bridgehead atoms. The Morgan fingerprint density at radius 2 is 1.81 bits per heavy atom. The Bertz CT molecular complexity index is 1060. The van der Waals surface area contributed by atoms with Crippen LogP contribution in [-0.2, 0) is 30.9 Å². The fourth-order valence-electron chi connectivity index (χ4n) is 3.04. The number of hydrogen-bond donors (Lipinski definition) is 2. The third-order valence-corrected chi connectivity index (χ3v) is 6.66. The molecule has 1 heterocycles. The minimum absolute atomic E-state index is 0.0827. The number of sulfonamides is 1. The Balaban J connectivity index is 1.67. The molecule has 172 valence electrons. The summed E-state index contributed by atoms with van der Waals surface area (Å²) < 4.78 is 42.7. The summed E-state index contributed by atoms with van der Waals surface area (Å²) in [7, 11) is -2.50. The minimum Gasteiger partial charge on any atom is -0.495 e. The SMILES string of the molecule is COc1ccc(NC(=O)COC(=O)c2ccc(CO)cc2)cc1S(=O)(=O)N1CCOCC1. The number of rotatable bonds is 8. The zero-order chi connectivity index (χ0) is 23.1. The molecule has 1 fully saturated rings. The van der Waals surface area contributed by atoms with Gasteiger partial charge in [-0.05, 0) is 35.9 Å². The van der Waals surface area contributed by atoms with Crippen LogP contribution < -0.4 is 10.1 Å². The van der Waals surface area contributed by atoms with Crippen LogP contribution in [0.25, 0.3) is 0 Å². The minimum atomic E-state index is -3.86. The number of carbonyl (C=O) groups excluding carboxylic acids is 2. The monoisotopic (exact) mass is 464 g/mol. The van der Waals surface area contributed by atoms with Gasteiger partial charge in [-0.15, -0.1) is 0 Å². The normalized spacial score (nSPS) is 14.6. The topological polar surface area (TPSA) is 131 Å². The van der Waals surface area contributed by atoms with Crippen LogP contribution in [0.1, 0.15) is 15.9 Å². The zero-order valence-corrected chi connectivity index (χ0v) is 18.3. The molecular weight excluding hydrogens is 440 g/mol. The molecule has 10 nitrogen and oxygen atoms in total. The number of morpholine rings is 1. The van der Waals surface area contributed by atoms with E-state index in [1.165, 1.54) is 41.7 Å². The largest absolute Gasteiger partial charge is 0.495 e. The van der Waals surface area contributed by atoms with Crippen LogP contribution in [0.3, 0.4) is 0 Å². The second-order valence-corrected chi connectivity index (χ2v) is 8.77. The molecular formula is C21H24N2O8S. The van der Waals surface area contributed by atoms with Crippen LogP contribution in [0, 0.1) is 0 Å². The summed E-state index contributed by atoms with van der Waals surface area (Å²) in [6.07, 6.45) is 0. The average Bonchev–Trinajstić information content (AvgIpc) is 2.83. The van der Waals surface area contributed by atoms with E-state index in [4.69, 9.17) is 19.3 Å². The summed E-state index contributed by atoms with van der Waals surface area (Å²) >= 11 is 0. The molecule has 32 heavy (non-hydrogen) atoms. The van der Waals surface area contributed by atoms with E-state index >= 15 is 0 Å². The first-order valence-corrected chi connectivity index (χ1v) is 11.2. The van der Waals surface area contributed by atoms with Crippen molar-refractivity contribution in [1.29, 1.82) is 0 Å². The maximum atomic E-state index is 13.0. The highest BCUT2D eigenvalue weighted by Gasteiger charge is 2.29. The summed E-state index contributed by atoms with van der Waals surface area (Å²) in [6, 6.07) is 10.4. The molecule has 3 rings (SSSR count). The fourth-order valence-corrected chi connectivity index (χ4v) is 4.63. The highest BCUT2D eigenvalue weighted by molar-refractivity contribution is 7.89. The van der Waals surface area contributed by atoms with E-state index in [9.17, 15) is 18.0 Å². The first-order valence-electron chi connectivity index (χ1n) is 9.78. The maximum Gasteiger partial charge on any atom is 0.338 e. The highest BCUT2D eigenvalue weighted by atomic mass is 32.2. The van der Waals surface area contributed by atoms with E-state index < -0.39 is 28.5 Å². The van der Waals surface area contributed by atoms with Gasteiger partial charge >= 0.3 is 5.97 Å². The predicted octanol–water partition coefficient (Wildman–Crippen LogP) is 1.00. The Hall–Kier alpha value is -2.99. The lowest BCUT2D eigenvalue weighted by Gasteiger charge is -2.26. The van der Waals surface area contributed by atoms with E-state index in [-0.39, 0.29) is 41.6 Å². The summed E-state index contributed by atoms with van der Waals surface area (Å²) in [5.41, 5.74) is 1.09. The number of anilines is 1. The van der Waals surface area contributed by atoms with Crippen molar-refractivity contribution >= 4 is 27.6 Å². The number of aliphatic hydroxyl groups excluding tert-OH is 1. The molecule has 0 aliphatic carbocycles. The van der Waals surface area contributed by atoms with E-state index in [0.717, 1.165) is 0 Å². The van der Waals surface area contributed by atoms with E-state index in [1.807, 2.05) is 0 Å². The predicted molar refractivity (Wildman–Crippen MR) is 114 cm³/mol. The van der Waals surface area contributed by atoms with Crippen molar-refractivity contribution in [3.05, 3.63) is 53.6 Å². The molecule has 0 saturated carbocycles. The van der Waals surface area contributed by atoms with Crippen LogP contribution in [0.4, 0.5) is 5.69 Å². The van der Waals surface area contributed by atoms with Gasteiger partial charge in [-0.25, -0.2) is 13.2 Å². The lowest BCUT2D eigenvalue weighted by Crippen LogP contribution is -2.40. The van der Waals surface area contributed by atoms with Crippen molar-refractivity contribution in [2.45, 2.75) is 11.5 Å². The lowest BCUT2D eigenvalue weighted by atomic mass is 10.1. The summed E-state index contributed by atoms with van der Waals surface area (Å²) in [5.74, 6) is -1.19. The van der Waals surface area contributed by atoms with Gasteiger partial charge in [-0.3, -0.25) is 4.79 Å². The number of amides is 1. The lowest BCUT2D eigenvalue weighted by molar-refractivity contribution is -0.119. The molecule has 2 N–H and O–H groups in total. The number of methoxy groups -OCH3 is 1. The van der Waals surface area contributed by atoms with Crippen LogP contribution in [0.5, 0.6) is 5.75 Å². The van der Waals surface area contributed by atoms with Gasteiger partial charge in [0.2, 0.25) is 10.0 Å². The number of nitrogens with zero attached hydrogens (tertiary/aromatic N) is 1. The summed E-state index contributed by atoms with van der Waals surface area (Å²) in [5, 5.41) is 11.6. The molecule has 1 saturated heterocycles. The molecule has 11 heteroatoms. The van der Waals surface area contributed by atoms with Crippen molar-refractivity contribution < 1.29 is 37.3 Å². The second kappa shape index (κ2) is 10.6. The quantitative estimate of drug-likeness (QED) is 0.553. The highest BCUT2D eigenvalue weighted by Crippen LogP contribution is 2.30. The van der Waals surface area contributed by atoms with Gasteiger partial charge in [0, 0.05) is 18.8 Å². The first-order chi connectivity index (χ1) is 15.3. The number of hydrogen-bond acceptors (Lipinski definition) is 8. The third kappa shape index (κ3) is 5.62. The molecule has 1 aliphatic heterocycles. The fraction of sp³-hybridized carbons (Fsp3) is 0.333. The van der Waals surface area contributed by atoms with E-state index in [0.29, 0.717) is 18.8 Å². The number of aliphatic hydroxyl groups is 1. The average molecular weight is 464 g/mol. The van der Waals surface area contributed by atoms with Crippen molar-refractivity contribution in [2.24, 2.45) is 0 Å². The van der Waals surface area contributed by atoms with Gasteiger partial charge in [-0.1, -0.05) is 12.1 Å². The Kier molecular flexibility index (Phi) is 7.80. The van der Waals surface area contributed by atoms with Crippen molar-refractivity contribution in [2.75, 3.05) is 45.3 Å². The Labute approximate surface area is 185 Å². The van der Waals surface area contributed by atoms with Gasteiger partial charge < -0.3 is 24.6 Å².